The fourth-order valence-electron chi connectivity index (χ4n) is 3.51. The lowest BCUT2D eigenvalue weighted by atomic mass is 9.94. The van der Waals surface area contributed by atoms with E-state index in [-0.39, 0.29) is 17.4 Å². The lowest BCUT2D eigenvalue weighted by molar-refractivity contribution is -0.140. The Morgan fingerprint density at radius 2 is 1.72 bits per heavy atom. The second kappa shape index (κ2) is 9.05. The summed E-state index contributed by atoms with van der Waals surface area (Å²) in [6.07, 6.45) is 0.718. The lowest BCUT2D eigenvalue weighted by Crippen LogP contribution is -2.31. The molecule has 2 aromatic rings. The van der Waals surface area contributed by atoms with Crippen molar-refractivity contribution in [3.63, 3.8) is 0 Å². The molecule has 29 heavy (non-hydrogen) atoms. The fourth-order valence-corrected chi connectivity index (χ4v) is 3.51. The van der Waals surface area contributed by atoms with E-state index in [4.69, 9.17) is 4.74 Å². The number of ether oxygens (including phenoxy) is 1. The SMILES string of the molecule is Cc1ccc([C@H]2C(=C(O)c3ccccc3)C(=O)C(=O)N2CCCOC(C)C)cc1. The van der Waals surface area contributed by atoms with Crippen molar-refractivity contribution < 1.29 is 19.4 Å². The summed E-state index contributed by atoms with van der Waals surface area (Å²) in [6.45, 7) is 6.77. The summed E-state index contributed by atoms with van der Waals surface area (Å²) in [6, 6.07) is 15.9. The van der Waals surface area contributed by atoms with Crippen molar-refractivity contribution in [3.8, 4) is 0 Å². The molecule has 0 bridgehead atoms. The van der Waals surface area contributed by atoms with E-state index >= 15 is 0 Å². The quantitative estimate of drug-likeness (QED) is 0.331. The zero-order valence-corrected chi connectivity index (χ0v) is 17.1. The van der Waals surface area contributed by atoms with E-state index in [0.717, 1.165) is 11.1 Å². The molecule has 152 valence electrons. The molecule has 1 atom stereocenters. The van der Waals surface area contributed by atoms with Crippen molar-refractivity contribution >= 4 is 17.4 Å². The Bertz CT molecular complexity index is 900. The number of aryl methyl sites for hydroxylation is 1. The largest absolute Gasteiger partial charge is 0.507 e. The van der Waals surface area contributed by atoms with Crippen LogP contribution in [0.4, 0.5) is 0 Å². The highest BCUT2D eigenvalue weighted by atomic mass is 16.5. The van der Waals surface area contributed by atoms with Gasteiger partial charge < -0.3 is 14.7 Å². The number of Topliss-reactive ketones (excluding diaryl/α,β-unsaturated/α-hetero) is 1. The Balaban J connectivity index is 2.00. The van der Waals surface area contributed by atoms with Gasteiger partial charge in [0.1, 0.15) is 5.76 Å². The van der Waals surface area contributed by atoms with Gasteiger partial charge in [-0.3, -0.25) is 9.59 Å². The molecule has 0 aliphatic carbocycles. The molecule has 2 aromatic carbocycles. The van der Waals surface area contributed by atoms with Crippen LogP contribution in [0, 0.1) is 6.92 Å². The number of amides is 1. The van der Waals surface area contributed by atoms with E-state index < -0.39 is 17.7 Å². The summed E-state index contributed by atoms with van der Waals surface area (Å²) >= 11 is 0. The smallest absolute Gasteiger partial charge is 0.295 e. The van der Waals surface area contributed by atoms with E-state index in [2.05, 4.69) is 0 Å². The predicted octanol–water partition coefficient (Wildman–Crippen LogP) is 4.23. The normalized spacial score (nSPS) is 18.6. The maximum atomic E-state index is 12.9. The highest BCUT2D eigenvalue weighted by molar-refractivity contribution is 6.46. The Kier molecular flexibility index (Phi) is 6.49. The van der Waals surface area contributed by atoms with Gasteiger partial charge in [0.15, 0.2) is 0 Å². The molecule has 5 heteroatoms. The first-order valence-corrected chi connectivity index (χ1v) is 9.92. The molecular formula is C24H27NO4. The third-order valence-corrected chi connectivity index (χ3v) is 4.97. The summed E-state index contributed by atoms with van der Waals surface area (Å²) in [5, 5.41) is 10.9. The summed E-state index contributed by atoms with van der Waals surface area (Å²) in [5.41, 5.74) is 2.54. The van der Waals surface area contributed by atoms with Crippen LogP contribution in [0.15, 0.2) is 60.2 Å². The number of carbonyl (C=O) groups excluding carboxylic acids is 2. The molecule has 0 unspecified atom stereocenters. The number of carbonyl (C=O) groups is 2. The molecular weight excluding hydrogens is 366 g/mol. The molecule has 1 heterocycles. The molecule has 1 saturated heterocycles. The number of likely N-dealkylation sites (tertiary alicyclic amines) is 1. The van der Waals surface area contributed by atoms with Crippen LogP contribution in [0.5, 0.6) is 0 Å². The molecule has 5 nitrogen and oxygen atoms in total. The number of nitrogens with zero attached hydrogens (tertiary/aromatic N) is 1. The topological polar surface area (TPSA) is 66.8 Å². The van der Waals surface area contributed by atoms with Gasteiger partial charge in [0, 0.05) is 18.7 Å². The lowest BCUT2D eigenvalue weighted by Gasteiger charge is -2.25. The van der Waals surface area contributed by atoms with Crippen LogP contribution < -0.4 is 0 Å². The third kappa shape index (κ3) is 4.57. The molecule has 1 amide bonds. The van der Waals surface area contributed by atoms with Gasteiger partial charge in [-0.05, 0) is 32.8 Å². The van der Waals surface area contributed by atoms with Crippen molar-refractivity contribution in [1.29, 1.82) is 0 Å². The van der Waals surface area contributed by atoms with Gasteiger partial charge in [-0.25, -0.2) is 0 Å². The van der Waals surface area contributed by atoms with E-state index in [0.29, 0.717) is 25.1 Å². The Hall–Kier alpha value is -2.92. The van der Waals surface area contributed by atoms with E-state index in [1.165, 1.54) is 0 Å². The van der Waals surface area contributed by atoms with Gasteiger partial charge in [0.25, 0.3) is 11.7 Å². The highest BCUT2D eigenvalue weighted by Gasteiger charge is 2.45. The zero-order chi connectivity index (χ0) is 21.0. The first kappa shape index (κ1) is 20.8. The van der Waals surface area contributed by atoms with Crippen molar-refractivity contribution in [3.05, 3.63) is 76.9 Å². The van der Waals surface area contributed by atoms with Crippen LogP contribution >= 0.6 is 0 Å². The predicted molar refractivity (Wildman–Crippen MR) is 112 cm³/mol. The minimum Gasteiger partial charge on any atom is -0.507 e. The number of hydrogen-bond donors (Lipinski definition) is 1. The van der Waals surface area contributed by atoms with Gasteiger partial charge in [-0.2, -0.15) is 0 Å². The fraction of sp³-hybridized carbons (Fsp3) is 0.333. The van der Waals surface area contributed by atoms with Crippen molar-refractivity contribution in [2.45, 2.75) is 39.3 Å². The van der Waals surface area contributed by atoms with Crippen LogP contribution in [0.2, 0.25) is 0 Å². The zero-order valence-electron chi connectivity index (χ0n) is 17.1. The van der Waals surface area contributed by atoms with Crippen LogP contribution in [0.25, 0.3) is 5.76 Å². The molecule has 3 rings (SSSR count). The van der Waals surface area contributed by atoms with Crippen LogP contribution in [0.3, 0.4) is 0 Å². The number of rotatable bonds is 7. The van der Waals surface area contributed by atoms with Gasteiger partial charge in [0.05, 0.1) is 17.7 Å². The standard InChI is InChI=1S/C24H27NO4/c1-16(2)29-15-7-14-25-21(18-12-10-17(3)11-13-18)20(23(27)24(25)28)22(26)19-8-5-4-6-9-19/h4-6,8-13,16,21,26H,7,14-15H2,1-3H3/t21-/m0/s1. The molecule has 1 N–H and O–H groups in total. The van der Waals surface area contributed by atoms with Crippen molar-refractivity contribution in [1.82, 2.24) is 4.90 Å². The van der Waals surface area contributed by atoms with Crippen LogP contribution in [-0.2, 0) is 14.3 Å². The van der Waals surface area contributed by atoms with E-state index in [1.54, 1.807) is 29.2 Å². The minimum absolute atomic E-state index is 0.108. The number of hydrogen-bond acceptors (Lipinski definition) is 4. The number of ketones is 1. The Morgan fingerprint density at radius 3 is 2.34 bits per heavy atom. The number of aliphatic hydroxyl groups is 1. The maximum absolute atomic E-state index is 12.9. The third-order valence-electron chi connectivity index (χ3n) is 4.97. The molecule has 0 radical (unpaired) electrons. The average Bonchev–Trinajstić information content (AvgIpc) is 2.96. The summed E-state index contributed by atoms with van der Waals surface area (Å²) in [4.78, 5) is 27.2. The van der Waals surface area contributed by atoms with Gasteiger partial charge >= 0.3 is 0 Å². The molecule has 1 aliphatic heterocycles. The average molecular weight is 393 g/mol. The second-order valence-electron chi connectivity index (χ2n) is 7.54. The van der Waals surface area contributed by atoms with Crippen LogP contribution in [-0.4, -0.2) is 41.0 Å². The summed E-state index contributed by atoms with van der Waals surface area (Å²) in [5.74, 6) is -1.38. The van der Waals surface area contributed by atoms with Crippen molar-refractivity contribution in [2.24, 2.45) is 0 Å². The highest BCUT2D eigenvalue weighted by Crippen LogP contribution is 2.39. The van der Waals surface area contributed by atoms with Crippen LogP contribution in [0.1, 0.15) is 43.0 Å². The van der Waals surface area contributed by atoms with Gasteiger partial charge in [0.2, 0.25) is 0 Å². The number of benzene rings is 2. The number of aliphatic hydroxyl groups excluding tert-OH is 1. The Morgan fingerprint density at radius 1 is 1.07 bits per heavy atom. The van der Waals surface area contributed by atoms with Gasteiger partial charge in [-0.15, -0.1) is 0 Å². The van der Waals surface area contributed by atoms with Gasteiger partial charge in [-0.1, -0.05) is 60.2 Å². The van der Waals surface area contributed by atoms with Crippen molar-refractivity contribution in [2.75, 3.05) is 13.2 Å². The molecule has 1 aliphatic rings. The summed E-state index contributed by atoms with van der Waals surface area (Å²) < 4.78 is 5.58. The molecule has 0 aromatic heterocycles. The summed E-state index contributed by atoms with van der Waals surface area (Å²) in [7, 11) is 0. The maximum Gasteiger partial charge on any atom is 0.295 e. The second-order valence-corrected chi connectivity index (χ2v) is 7.54. The molecule has 0 spiro atoms. The van der Waals surface area contributed by atoms with E-state index in [9.17, 15) is 14.7 Å². The first-order valence-electron chi connectivity index (χ1n) is 9.92. The molecule has 1 fully saturated rings. The van der Waals surface area contributed by atoms with E-state index in [1.807, 2.05) is 51.1 Å². The minimum atomic E-state index is -0.651. The monoisotopic (exact) mass is 393 g/mol. The first-order chi connectivity index (χ1) is 13.9. The molecule has 0 saturated carbocycles. The Labute approximate surface area is 171 Å².